The van der Waals surface area contributed by atoms with Crippen LogP contribution in [0, 0.1) is 5.92 Å². The van der Waals surface area contributed by atoms with E-state index in [2.05, 4.69) is 6.92 Å². The van der Waals surface area contributed by atoms with Crippen LogP contribution in [0.2, 0.25) is 0 Å². The third kappa shape index (κ3) is 5.54. The van der Waals surface area contributed by atoms with E-state index in [0.29, 0.717) is 30.3 Å². The molecular weight excluding hydrogens is 348 g/mol. The Morgan fingerprint density at radius 2 is 1.96 bits per heavy atom. The maximum absolute atomic E-state index is 12.3. The zero-order chi connectivity index (χ0) is 19.8. The molecular formula is C21H24O6. The number of unbranched alkanes of at least 4 members (excludes halogenated alkanes) is 1. The molecule has 0 amide bonds. The second-order valence-electron chi connectivity index (χ2n) is 6.09. The summed E-state index contributed by atoms with van der Waals surface area (Å²) in [7, 11) is 0. The number of allylic oxidation sites excluding steroid dienone is 3. The molecule has 0 aromatic heterocycles. The second kappa shape index (κ2) is 9.71. The highest BCUT2D eigenvalue weighted by Crippen LogP contribution is 2.29. The molecule has 0 fully saturated rings. The fourth-order valence-electron chi connectivity index (χ4n) is 2.52. The van der Waals surface area contributed by atoms with E-state index in [9.17, 15) is 14.4 Å². The van der Waals surface area contributed by atoms with Crippen LogP contribution in [-0.2, 0) is 19.1 Å². The molecule has 0 spiro atoms. The molecule has 1 heterocycles. The third-order valence-electron chi connectivity index (χ3n) is 3.87. The zero-order valence-electron chi connectivity index (χ0n) is 15.8. The van der Waals surface area contributed by atoms with E-state index in [1.54, 1.807) is 18.2 Å². The van der Waals surface area contributed by atoms with E-state index in [4.69, 9.17) is 14.2 Å². The van der Waals surface area contributed by atoms with E-state index >= 15 is 0 Å². The molecule has 1 atom stereocenters. The molecule has 0 bridgehead atoms. The first-order valence-corrected chi connectivity index (χ1v) is 9.01. The van der Waals surface area contributed by atoms with Gasteiger partial charge in [0.2, 0.25) is 0 Å². The van der Waals surface area contributed by atoms with E-state index in [1.165, 1.54) is 19.1 Å². The van der Waals surface area contributed by atoms with Crippen molar-refractivity contribution in [1.29, 1.82) is 0 Å². The molecule has 0 aliphatic carbocycles. The number of benzene rings is 1. The van der Waals surface area contributed by atoms with Crippen LogP contribution in [0.25, 0.3) is 6.08 Å². The largest absolute Gasteiger partial charge is 0.490 e. The van der Waals surface area contributed by atoms with E-state index in [1.807, 2.05) is 6.92 Å². The van der Waals surface area contributed by atoms with Gasteiger partial charge in [0.25, 0.3) is 0 Å². The van der Waals surface area contributed by atoms with Crippen molar-refractivity contribution in [3.05, 3.63) is 41.7 Å². The average Bonchev–Trinajstić information content (AvgIpc) is 2.61. The van der Waals surface area contributed by atoms with Crippen molar-refractivity contribution >= 4 is 23.6 Å². The molecule has 1 aliphatic rings. The molecule has 1 aliphatic heterocycles. The molecule has 1 unspecified atom stereocenters. The van der Waals surface area contributed by atoms with Gasteiger partial charge in [-0.3, -0.25) is 14.4 Å². The van der Waals surface area contributed by atoms with Crippen molar-refractivity contribution < 1.29 is 28.6 Å². The Kier molecular flexibility index (Phi) is 7.34. The zero-order valence-corrected chi connectivity index (χ0v) is 15.8. The standard InChI is InChI=1S/C21H24O6/c1-4-6-11-26-18-10-8-15(13-19(18)25-5-2)7-9-16(22)20-17(23)12-14(3)27-21(20)24/h7-10,12-13,20H,4-6,11H2,1-3H3/b9-7+. The molecule has 1 aromatic carbocycles. The quantitative estimate of drug-likeness (QED) is 0.286. The Labute approximate surface area is 158 Å². The summed E-state index contributed by atoms with van der Waals surface area (Å²) in [6, 6.07) is 5.30. The van der Waals surface area contributed by atoms with Gasteiger partial charge in [-0.15, -0.1) is 0 Å². The van der Waals surface area contributed by atoms with Crippen molar-refractivity contribution in [2.75, 3.05) is 13.2 Å². The van der Waals surface area contributed by atoms with E-state index < -0.39 is 23.5 Å². The van der Waals surface area contributed by atoms with Crippen molar-refractivity contribution in [3.63, 3.8) is 0 Å². The van der Waals surface area contributed by atoms with Crippen LogP contribution < -0.4 is 9.47 Å². The number of carbonyl (C=O) groups is 3. The number of ether oxygens (including phenoxy) is 3. The normalized spacial score (nSPS) is 16.9. The molecule has 0 radical (unpaired) electrons. The number of hydrogen-bond donors (Lipinski definition) is 0. The van der Waals surface area contributed by atoms with Crippen LogP contribution in [0.1, 0.15) is 39.2 Å². The molecule has 27 heavy (non-hydrogen) atoms. The Morgan fingerprint density at radius 1 is 1.19 bits per heavy atom. The number of cyclic esters (lactones) is 1. The van der Waals surface area contributed by atoms with Crippen LogP contribution in [0.15, 0.2) is 36.1 Å². The molecule has 0 saturated carbocycles. The fraction of sp³-hybridized carbons (Fsp3) is 0.381. The number of rotatable bonds is 9. The van der Waals surface area contributed by atoms with E-state index in [0.717, 1.165) is 18.9 Å². The predicted molar refractivity (Wildman–Crippen MR) is 100 cm³/mol. The summed E-state index contributed by atoms with van der Waals surface area (Å²) in [6.45, 7) is 6.53. The molecule has 144 valence electrons. The van der Waals surface area contributed by atoms with Crippen molar-refractivity contribution in [3.8, 4) is 11.5 Å². The summed E-state index contributed by atoms with van der Waals surface area (Å²) < 4.78 is 16.2. The van der Waals surface area contributed by atoms with Gasteiger partial charge in [0.05, 0.1) is 13.2 Å². The first kappa shape index (κ1) is 20.4. The molecule has 0 N–H and O–H groups in total. The van der Waals surface area contributed by atoms with Gasteiger partial charge in [-0.05, 0) is 44.0 Å². The van der Waals surface area contributed by atoms with Gasteiger partial charge >= 0.3 is 5.97 Å². The van der Waals surface area contributed by atoms with Gasteiger partial charge in [-0.25, -0.2) is 0 Å². The minimum absolute atomic E-state index is 0.193. The van der Waals surface area contributed by atoms with Gasteiger partial charge in [0.1, 0.15) is 5.76 Å². The first-order chi connectivity index (χ1) is 13.0. The lowest BCUT2D eigenvalue weighted by atomic mass is 9.96. The maximum atomic E-state index is 12.3. The number of ketones is 2. The minimum atomic E-state index is -1.44. The number of hydrogen-bond acceptors (Lipinski definition) is 6. The van der Waals surface area contributed by atoms with Gasteiger partial charge < -0.3 is 14.2 Å². The monoisotopic (exact) mass is 372 g/mol. The highest BCUT2D eigenvalue weighted by molar-refractivity contribution is 6.25. The lowest BCUT2D eigenvalue weighted by molar-refractivity contribution is -0.151. The summed E-state index contributed by atoms with van der Waals surface area (Å²) in [4.78, 5) is 36.0. The van der Waals surface area contributed by atoms with Crippen LogP contribution in [0.5, 0.6) is 11.5 Å². The maximum Gasteiger partial charge on any atom is 0.329 e. The van der Waals surface area contributed by atoms with Crippen LogP contribution >= 0.6 is 0 Å². The lowest BCUT2D eigenvalue weighted by Gasteiger charge is -2.15. The van der Waals surface area contributed by atoms with E-state index in [-0.39, 0.29) is 5.76 Å². The van der Waals surface area contributed by atoms with Crippen LogP contribution in [-0.4, -0.2) is 30.7 Å². The Hall–Kier alpha value is -2.89. The van der Waals surface area contributed by atoms with Crippen molar-refractivity contribution in [2.45, 2.75) is 33.6 Å². The summed E-state index contributed by atoms with van der Waals surface area (Å²) in [5.74, 6) is -2.05. The molecule has 6 heteroatoms. The molecule has 1 aromatic rings. The minimum Gasteiger partial charge on any atom is -0.490 e. The van der Waals surface area contributed by atoms with Gasteiger partial charge in [0, 0.05) is 6.08 Å². The predicted octanol–water partition coefficient (Wildman–Crippen LogP) is 3.49. The highest BCUT2D eigenvalue weighted by atomic mass is 16.5. The second-order valence-corrected chi connectivity index (χ2v) is 6.09. The topological polar surface area (TPSA) is 78.9 Å². The van der Waals surface area contributed by atoms with Crippen LogP contribution in [0.4, 0.5) is 0 Å². The SMILES string of the molecule is CCCCOc1ccc(/C=C/C(=O)C2C(=O)C=C(C)OC2=O)cc1OCC. The van der Waals surface area contributed by atoms with Crippen molar-refractivity contribution in [1.82, 2.24) is 0 Å². The number of esters is 1. The van der Waals surface area contributed by atoms with Gasteiger partial charge in [-0.2, -0.15) is 0 Å². The molecule has 6 nitrogen and oxygen atoms in total. The van der Waals surface area contributed by atoms with Crippen molar-refractivity contribution in [2.24, 2.45) is 5.92 Å². The Morgan fingerprint density at radius 3 is 2.63 bits per heavy atom. The third-order valence-corrected chi connectivity index (χ3v) is 3.87. The number of carbonyl (C=O) groups excluding carboxylic acids is 3. The lowest BCUT2D eigenvalue weighted by Crippen LogP contribution is -2.34. The average molecular weight is 372 g/mol. The molecule has 0 saturated heterocycles. The summed E-state index contributed by atoms with van der Waals surface area (Å²) in [5.41, 5.74) is 0.693. The first-order valence-electron chi connectivity index (χ1n) is 9.01. The molecule has 2 rings (SSSR count). The fourth-order valence-corrected chi connectivity index (χ4v) is 2.52. The highest BCUT2D eigenvalue weighted by Gasteiger charge is 2.36. The van der Waals surface area contributed by atoms with Crippen LogP contribution in [0.3, 0.4) is 0 Å². The Bertz CT molecular complexity index is 775. The Balaban J connectivity index is 2.13. The summed E-state index contributed by atoms with van der Waals surface area (Å²) >= 11 is 0. The smallest absolute Gasteiger partial charge is 0.329 e. The summed E-state index contributed by atoms with van der Waals surface area (Å²) in [6.07, 6.45) is 5.88. The van der Waals surface area contributed by atoms with Gasteiger partial charge in [0.15, 0.2) is 29.0 Å². The summed E-state index contributed by atoms with van der Waals surface area (Å²) in [5, 5.41) is 0. The van der Waals surface area contributed by atoms with Gasteiger partial charge in [-0.1, -0.05) is 25.5 Å².